The molecule has 2 saturated heterocycles. The minimum atomic E-state index is -4.49. The highest BCUT2D eigenvalue weighted by Crippen LogP contribution is 2.40. The fraction of sp³-hybridized carbons (Fsp3) is 0.343. The van der Waals surface area contributed by atoms with Crippen LogP contribution in [-0.2, 0) is 9.53 Å². The molecule has 6 rings (SSSR count). The molecule has 0 radical (unpaired) electrons. The zero-order valence-corrected chi connectivity index (χ0v) is 25.8. The summed E-state index contributed by atoms with van der Waals surface area (Å²) in [5, 5.41) is 9.87. The van der Waals surface area contributed by atoms with Crippen molar-refractivity contribution in [3.05, 3.63) is 102 Å². The van der Waals surface area contributed by atoms with Crippen LogP contribution < -0.4 is 5.32 Å². The molecule has 2 aromatic carbocycles. The number of rotatable bonds is 9. The average molecular weight is 649 g/mol. The van der Waals surface area contributed by atoms with Crippen LogP contribution in [0.2, 0.25) is 0 Å². The van der Waals surface area contributed by atoms with Crippen LogP contribution in [0.4, 0.5) is 23.4 Å². The normalized spacial score (nSPS) is 18.5. The van der Waals surface area contributed by atoms with Crippen LogP contribution in [0.5, 0.6) is 0 Å². The average Bonchev–Trinajstić information content (AvgIpc) is 3.45. The van der Waals surface area contributed by atoms with E-state index in [9.17, 15) is 22.4 Å². The van der Waals surface area contributed by atoms with Gasteiger partial charge in [-0.25, -0.2) is 4.98 Å². The minimum Gasteiger partial charge on any atom is -0.378 e. The first-order valence-corrected chi connectivity index (χ1v) is 15.7. The van der Waals surface area contributed by atoms with Gasteiger partial charge in [0.1, 0.15) is 5.82 Å². The number of aromatic nitrogens is 3. The lowest BCUT2D eigenvalue weighted by atomic mass is 9.88. The zero-order chi connectivity index (χ0) is 32.8. The molecule has 2 aromatic heterocycles. The molecule has 2 aliphatic rings. The number of pyridine rings is 1. The third-order valence-corrected chi connectivity index (χ3v) is 8.46. The summed E-state index contributed by atoms with van der Waals surface area (Å²) in [7, 11) is 0. The molecule has 1 amide bonds. The van der Waals surface area contributed by atoms with Gasteiger partial charge in [0.15, 0.2) is 0 Å². The molecule has 4 aromatic rings. The molecule has 1 atom stereocenters. The Morgan fingerprint density at radius 2 is 1.81 bits per heavy atom. The van der Waals surface area contributed by atoms with E-state index in [1.165, 1.54) is 6.07 Å². The van der Waals surface area contributed by atoms with Gasteiger partial charge >= 0.3 is 6.18 Å². The maximum absolute atomic E-state index is 14.5. The first-order chi connectivity index (χ1) is 22.7. The maximum Gasteiger partial charge on any atom is 0.393 e. The minimum absolute atomic E-state index is 0.00169. The number of carbonyl (C=O) groups excluding carboxylic acids is 1. The molecule has 0 bridgehead atoms. The van der Waals surface area contributed by atoms with Crippen molar-refractivity contribution in [2.45, 2.75) is 31.5 Å². The van der Waals surface area contributed by atoms with Crippen LogP contribution in [0, 0.1) is 5.95 Å². The summed E-state index contributed by atoms with van der Waals surface area (Å²) in [6, 6.07) is 16.8. The Kier molecular flexibility index (Phi) is 9.98. The lowest BCUT2D eigenvalue weighted by Crippen LogP contribution is -2.42. The fourth-order valence-electron chi connectivity index (χ4n) is 6.19. The molecule has 246 valence electrons. The number of anilines is 1. The lowest BCUT2D eigenvalue weighted by molar-refractivity contribution is -0.130. The van der Waals surface area contributed by atoms with Crippen molar-refractivity contribution >= 4 is 33.8 Å². The number of likely N-dealkylation sites (tertiary alicyclic amines) is 1. The van der Waals surface area contributed by atoms with E-state index in [1.807, 2.05) is 6.08 Å². The molecule has 47 heavy (non-hydrogen) atoms. The number of H-pyrrole nitrogens is 1. The first-order valence-electron chi connectivity index (χ1n) is 15.7. The Morgan fingerprint density at radius 1 is 1.02 bits per heavy atom. The summed E-state index contributed by atoms with van der Waals surface area (Å²) in [6.07, 6.45) is 1.33. The summed E-state index contributed by atoms with van der Waals surface area (Å²) >= 11 is 0. The number of nitrogens with zero attached hydrogens (tertiary/aromatic N) is 4. The van der Waals surface area contributed by atoms with Crippen LogP contribution in [0.1, 0.15) is 36.0 Å². The van der Waals surface area contributed by atoms with Gasteiger partial charge in [0, 0.05) is 50.1 Å². The van der Waals surface area contributed by atoms with E-state index in [-0.39, 0.29) is 22.9 Å². The van der Waals surface area contributed by atoms with Gasteiger partial charge in [-0.3, -0.25) is 14.8 Å². The highest BCUT2D eigenvalue weighted by atomic mass is 19.4. The number of piperidine rings is 1. The fourth-order valence-corrected chi connectivity index (χ4v) is 6.19. The second kappa shape index (κ2) is 14.5. The van der Waals surface area contributed by atoms with E-state index in [2.05, 4.69) is 25.4 Å². The van der Waals surface area contributed by atoms with E-state index in [1.54, 1.807) is 71.8 Å². The van der Waals surface area contributed by atoms with E-state index in [4.69, 9.17) is 4.74 Å². The van der Waals surface area contributed by atoms with Gasteiger partial charge < -0.3 is 15.0 Å². The van der Waals surface area contributed by atoms with E-state index < -0.39 is 18.5 Å². The van der Waals surface area contributed by atoms with Crippen LogP contribution in [0.3, 0.4) is 0 Å². The predicted octanol–water partition coefficient (Wildman–Crippen LogP) is 6.30. The zero-order valence-electron chi connectivity index (χ0n) is 25.8. The van der Waals surface area contributed by atoms with E-state index in [0.717, 1.165) is 25.9 Å². The summed E-state index contributed by atoms with van der Waals surface area (Å²) in [5.74, 6) is -0.124. The number of allylic oxidation sites excluding steroid dienone is 1. The molecule has 2 N–H and O–H groups in total. The monoisotopic (exact) mass is 648 g/mol. The first kappa shape index (κ1) is 32.4. The SMILES string of the molecule is O=C(/C=C/CN1CCC[C@@H](Nc2ccc(/C(=C(/CC(F)(F)F)c3ccccc3)c3ccc4[nH]nc(F)c4c3)cn2)C1)N1CCOCC1. The number of halogens is 4. The number of aromatic amines is 1. The standard InChI is InChI=1S/C35H36F4N6O2/c36-34-28-20-25(10-12-30(28)42-43-34)33(29(21-35(37,38)39)24-6-2-1-3-7-24)26-11-13-31(40-22-26)41-27-8-4-14-44(23-27)15-5-9-32(46)45-16-18-47-19-17-45/h1-3,5-7,9-13,20,22,27H,4,8,14-19,21,23H2,(H,40,41)(H,42,43)/b9-5+,33-29-/t27-/m1/s1. The largest absolute Gasteiger partial charge is 0.393 e. The highest BCUT2D eigenvalue weighted by molar-refractivity contribution is 6.00. The predicted molar refractivity (Wildman–Crippen MR) is 173 cm³/mol. The second-order valence-corrected chi connectivity index (χ2v) is 11.8. The number of fused-ring (bicyclic) bond motifs is 1. The summed E-state index contributed by atoms with van der Waals surface area (Å²) in [6.45, 7) is 4.66. The van der Waals surface area contributed by atoms with Gasteiger partial charge in [0.2, 0.25) is 11.9 Å². The number of nitrogens with one attached hydrogen (secondary N) is 2. The molecule has 2 aliphatic heterocycles. The number of morpholine rings is 1. The molecule has 0 unspecified atom stereocenters. The van der Waals surface area contributed by atoms with Crippen LogP contribution in [0.25, 0.3) is 22.0 Å². The number of ether oxygens (including phenoxy) is 1. The number of benzene rings is 2. The van der Waals surface area contributed by atoms with Crippen LogP contribution >= 0.6 is 0 Å². The van der Waals surface area contributed by atoms with E-state index >= 15 is 0 Å². The molecule has 8 nitrogen and oxygen atoms in total. The van der Waals surface area contributed by atoms with Gasteiger partial charge in [0.25, 0.3) is 0 Å². The van der Waals surface area contributed by atoms with E-state index in [0.29, 0.717) is 66.4 Å². The van der Waals surface area contributed by atoms with Crippen molar-refractivity contribution in [1.29, 1.82) is 0 Å². The third-order valence-electron chi connectivity index (χ3n) is 8.46. The summed E-state index contributed by atoms with van der Waals surface area (Å²) < 4.78 is 61.9. The Hall–Kier alpha value is -4.55. The third kappa shape index (κ3) is 8.25. The van der Waals surface area contributed by atoms with Crippen molar-refractivity contribution in [3.63, 3.8) is 0 Å². The van der Waals surface area contributed by atoms with Crippen LogP contribution in [-0.4, -0.2) is 89.0 Å². The highest BCUT2D eigenvalue weighted by Gasteiger charge is 2.32. The number of alkyl halides is 3. The Morgan fingerprint density at radius 3 is 2.55 bits per heavy atom. The van der Waals surface area contributed by atoms with Crippen molar-refractivity contribution in [2.75, 3.05) is 51.3 Å². The molecule has 0 aliphatic carbocycles. The van der Waals surface area contributed by atoms with Gasteiger partial charge in [-0.2, -0.15) is 17.6 Å². The van der Waals surface area contributed by atoms with Gasteiger partial charge in [-0.15, -0.1) is 5.10 Å². The number of hydrogen-bond donors (Lipinski definition) is 2. The smallest absolute Gasteiger partial charge is 0.378 e. The molecular formula is C35H36F4N6O2. The lowest BCUT2D eigenvalue weighted by Gasteiger charge is -2.32. The topological polar surface area (TPSA) is 86.4 Å². The molecular weight excluding hydrogens is 612 g/mol. The summed E-state index contributed by atoms with van der Waals surface area (Å²) in [5.41, 5.74) is 2.14. The van der Waals surface area contributed by atoms with Gasteiger partial charge in [-0.1, -0.05) is 42.5 Å². The Labute approximate surface area is 270 Å². The maximum atomic E-state index is 14.5. The second-order valence-electron chi connectivity index (χ2n) is 11.8. The Balaban J connectivity index is 1.23. The number of hydrogen-bond acceptors (Lipinski definition) is 6. The van der Waals surface area contributed by atoms with Crippen molar-refractivity contribution in [2.24, 2.45) is 0 Å². The molecule has 0 saturated carbocycles. The quantitative estimate of drug-likeness (QED) is 0.126. The Bertz CT molecular complexity index is 1730. The molecule has 0 spiro atoms. The van der Waals surface area contributed by atoms with Crippen LogP contribution in [0.15, 0.2) is 79.0 Å². The number of amides is 1. The van der Waals surface area contributed by atoms with Crippen molar-refractivity contribution in [3.8, 4) is 0 Å². The van der Waals surface area contributed by atoms with Gasteiger partial charge in [-0.05, 0) is 65.9 Å². The number of carbonyl (C=O) groups is 1. The van der Waals surface area contributed by atoms with Crippen molar-refractivity contribution < 1.29 is 27.1 Å². The van der Waals surface area contributed by atoms with Crippen molar-refractivity contribution in [1.82, 2.24) is 25.0 Å². The molecule has 12 heteroatoms. The molecule has 2 fully saturated rings. The molecule has 4 heterocycles. The summed E-state index contributed by atoms with van der Waals surface area (Å²) in [4.78, 5) is 21.1. The van der Waals surface area contributed by atoms with Gasteiger partial charge in [0.05, 0.1) is 30.5 Å².